The summed E-state index contributed by atoms with van der Waals surface area (Å²) in [7, 11) is 1.77. The van der Waals surface area contributed by atoms with Crippen molar-refractivity contribution in [1.82, 2.24) is 0 Å². The van der Waals surface area contributed by atoms with Gasteiger partial charge in [-0.15, -0.1) is 0 Å². The van der Waals surface area contributed by atoms with Crippen LogP contribution in [0.3, 0.4) is 0 Å². The van der Waals surface area contributed by atoms with Gasteiger partial charge in [0.05, 0.1) is 0 Å². The van der Waals surface area contributed by atoms with E-state index in [-0.39, 0.29) is 0 Å². The normalized spacial score (nSPS) is 11.5. The molecule has 0 spiro atoms. The van der Waals surface area contributed by atoms with Gasteiger partial charge in [-0.3, -0.25) is 0 Å². The fourth-order valence-corrected chi connectivity index (χ4v) is 20.9. The molecule has 0 amide bonds. The van der Waals surface area contributed by atoms with Crippen LogP contribution in [-0.2, 0) is 0 Å². The molecular formula is C24H42OSn. The molecule has 0 bridgehead atoms. The molecule has 0 aliphatic heterocycles. The number of benzene rings is 1. The Hall–Kier alpha value is -0.441. The zero-order valence-corrected chi connectivity index (χ0v) is 21.1. The van der Waals surface area contributed by atoms with Crippen LogP contribution < -0.4 is 4.74 Å². The summed E-state index contributed by atoms with van der Waals surface area (Å²) in [6, 6.07) is 8.76. The Morgan fingerprint density at radius 3 is 1.85 bits per heavy atom. The SMILES string of the molecule is CCC[CH2][Sn]([CH2]CCC)([CH2]CCC)[CH2]C(=C(C)C)c1cccc(OC)c1. The van der Waals surface area contributed by atoms with Crippen LogP contribution in [0.2, 0.25) is 17.7 Å². The van der Waals surface area contributed by atoms with E-state index in [0.717, 1.165) is 5.75 Å². The molecule has 0 radical (unpaired) electrons. The van der Waals surface area contributed by atoms with Crippen LogP contribution in [0, 0.1) is 0 Å². The minimum absolute atomic E-state index is 0.984. The topological polar surface area (TPSA) is 9.23 Å². The second-order valence-corrected chi connectivity index (χ2v) is 22.1. The molecule has 148 valence electrons. The van der Waals surface area contributed by atoms with E-state index in [0.29, 0.717) is 0 Å². The molecule has 0 aliphatic carbocycles. The van der Waals surface area contributed by atoms with Crippen molar-refractivity contribution >= 4 is 24.0 Å². The molecule has 0 aromatic heterocycles. The molecule has 1 aromatic carbocycles. The monoisotopic (exact) mass is 466 g/mol. The van der Waals surface area contributed by atoms with E-state index >= 15 is 0 Å². The van der Waals surface area contributed by atoms with Crippen LogP contribution in [0.4, 0.5) is 0 Å². The van der Waals surface area contributed by atoms with Gasteiger partial charge < -0.3 is 0 Å². The van der Waals surface area contributed by atoms with E-state index in [1.54, 1.807) is 26.0 Å². The molecule has 2 heteroatoms. The van der Waals surface area contributed by atoms with Gasteiger partial charge in [-0.1, -0.05) is 0 Å². The molecule has 26 heavy (non-hydrogen) atoms. The van der Waals surface area contributed by atoms with Crippen molar-refractivity contribution in [3.05, 3.63) is 35.4 Å². The fraction of sp³-hybridized carbons (Fsp3) is 0.667. The molecule has 0 saturated carbocycles. The molecule has 1 aromatic rings. The second-order valence-electron chi connectivity index (χ2n) is 8.20. The van der Waals surface area contributed by atoms with Crippen molar-refractivity contribution in [3.8, 4) is 5.75 Å². The maximum atomic E-state index is 5.50. The van der Waals surface area contributed by atoms with Gasteiger partial charge in [0.2, 0.25) is 0 Å². The predicted molar refractivity (Wildman–Crippen MR) is 121 cm³/mol. The number of methoxy groups -OCH3 is 1. The van der Waals surface area contributed by atoms with Crippen LogP contribution in [0.1, 0.15) is 78.7 Å². The first-order valence-corrected chi connectivity index (χ1v) is 18.9. The number of rotatable bonds is 13. The van der Waals surface area contributed by atoms with E-state index in [4.69, 9.17) is 4.74 Å². The Morgan fingerprint density at radius 2 is 1.42 bits per heavy atom. The van der Waals surface area contributed by atoms with Gasteiger partial charge in [0.25, 0.3) is 0 Å². The number of hydrogen-bond acceptors (Lipinski definition) is 1. The summed E-state index contributed by atoms with van der Waals surface area (Å²) in [4.78, 5) is 0. The number of ether oxygens (including phenoxy) is 1. The zero-order chi connectivity index (χ0) is 19.4. The summed E-state index contributed by atoms with van der Waals surface area (Å²) in [6.45, 7) is 11.7. The summed E-state index contributed by atoms with van der Waals surface area (Å²) in [6.07, 6.45) is 8.37. The Labute approximate surface area is 167 Å². The number of unbranched alkanes of at least 4 members (excludes halogenated alkanes) is 3. The van der Waals surface area contributed by atoms with E-state index in [1.807, 2.05) is 0 Å². The average Bonchev–Trinajstić information content (AvgIpc) is 2.66. The number of allylic oxidation sites excluding steroid dienone is 2. The first-order chi connectivity index (χ1) is 12.5. The molecule has 0 unspecified atom stereocenters. The Bertz CT molecular complexity index is 521. The predicted octanol–water partition coefficient (Wildman–Crippen LogP) is 8.34. The first kappa shape index (κ1) is 23.6. The van der Waals surface area contributed by atoms with Gasteiger partial charge in [0.1, 0.15) is 0 Å². The minimum atomic E-state index is -2.19. The molecule has 1 rings (SSSR count). The van der Waals surface area contributed by atoms with Crippen molar-refractivity contribution < 1.29 is 4.74 Å². The first-order valence-electron chi connectivity index (χ1n) is 10.8. The zero-order valence-electron chi connectivity index (χ0n) is 18.3. The van der Waals surface area contributed by atoms with Crippen LogP contribution in [-0.4, -0.2) is 25.5 Å². The molecule has 0 atom stereocenters. The van der Waals surface area contributed by atoms with Crippen molar-refractivity contribution in [2.75, 3.05) is 7.11 Å². The van der Waals surface area contributed by atoms with Crippen molar-refractivity contribution in [2.45, 2.75) is 90.9 Å². The molecule has 0 aliphatic rings. The summed E-state index contributed by atoms with van der Waals surface area (Å²) in [5.41, 5.74) is 4.53. The third kappa shape index (κ3) is 7.66. The number of hydrogen-bond donors (Lipinski definition) is 0. The molecule has 0 fully saturated rings. The van der Waals surface area contributed by atoms with E-state index in [2.05, 4.69) is 58.9 Å². The van der Waals surface area contributed by atoms with E-state index in [9.17, 15) is 0 Å². The third-order valence-corrected chi connectivity index (χ3v) is 21.0. The average molecular weight is 465 g/mol. The second kappa shape index (κ2) is 12.9. The molecule has 0 N–H and O–H groups in total. The van der Waals surface area contributed by atoms with Gasteiger partial charge >= 0.3 is 168 Å². The molecular weight excluding hydrogens is 423 g/mol. The maximum absolute atomic E-state index is 5.50. The quantitative estimate of drug-likeness (QED) is 0.266. The van der Waals surface area contributed by atoms with Crippen molar-refractivity contribution in [1.29, 1.82) is 0 Å². The third-order valence-electron chi connectivity index (χ3n) is 5.76. The van der Waals surface area contributed by atoms with E-state index in [1.165, 1.54) is 54.1 Å². The Balaban J connectivity index is 3.21. The van der Waals surface area contributed by atoms with Gasteiger partial charge in [-0.05, 0) is 0 Å². The van der Waals surface area contributed by atoms with Gasteiger partial charge in [-0.25, -0.2) is 0 Å². The molecule has 1 nitrogen and oxygen atoms in total. The van der Waals surface area contributed by atoms with Crippen LogP contribution >= 0.6 is 0 Å². The summed E-state index contributed by atoms with van der Waals surface area (Å²) >= 11 is -2.19. The Kier molecular flexibility index (Phi) is 11.7. The summed E-state index contributed by atoms with van der Waals surface area (Å²) in [5, 5.41) is 0. The van der Waals surface area contributed by atoms with Gasteiger partial charge in [-0.2, -0.15) is 0 Å². The van der Waals surface area contributed by atoms with Crippen molar-refractivity contribution in [3.63, 3.8) is 0 Å². The van der Waals surface area contributed by atoms with Crippen LogP contribution in [0.25, 0.3) is 5.57 Å². The fourth-order valence-electron chi connectivity index (χ4n) is 4.05. The molecule has 0 heterocycles. The van der Waals surface area contributed by atoms with Gasteiger partial charge in [0.15, 0.2) is 0 Å². The Morgan fingerprint density at radius 1 is 0.885 bits per heavy atom. The van der Waals surface area contributed by atoms with Crippen LogP contribution in [0.15, 0.2) is 29.8 Å². The van der Waals surface area contributed by atoms with E-state index < -0.39 is 18.4 Å². The van der Waals surface area contributed by atoms with Crippen molar-refractivity contribution in [2.24, 2.45) is 0 Å². The summed E-state index contributed by atoms with van der Waals surface area (Å²) in [5.74, 6) is 0.984. The van der Waals surface area contributed by atoms with Gasteiger partial charge in [0, 0.05) is 0 Å². The van der Waals surface area contributed by atoms with Crippen LogP contribution in [0.5, 0.6) is 5.75 Å². The molecule has 0 saturated heterocycles. The summed E-state index contributed by atoms with van der Waals surface area (Å²) < 4.78 is 11.7. The standard InChI is InChI=1S/C12H15O.3C4H9.Sn/c1-9(2)10(3)11-6-5-7-12(8-11)13-4;3*1-3-4-2;/h5-8H,3H2,1-2,4H3;3*1,3-4H2,2H3;.